The average molecular weight is 588 g/mol. The van der Waals surface area contributed by atoms with Crippen molar-refractivity contribution in [3.8, 4) is 0 Å². The van der Waals surface area contributed by atoms with Crippen molar-refractivity contribution in [2.45, 2.75) is 71.9 Å². The molecule has 0 amide bonds. The minimum atomic E-state index is -0.119. The van der Waals surface area contributed by atoms with Crippen LogP contribution in [0.15, 0.2) is 24.4 Å². The molecule has 0 spiro atoms. The Balaban J connectivity index is 1.28. The van der Waals surface area contributed by atoms with Gasteiger partial charge in [0.25, 0.3) is 0 Å². The smallest absolute Gasteiger partial charge is 0.305 e. The van der Waals surface area contributed by atoms with Crippen LogP contribution in [0.5, 0.6) is 0 Å². The molecule has 2 aliphatic rings. The Morgan fingerprint density at radius 3 is 2.77 bits per heavy atom. The van der Waals surface area contributed by atoms with E-state index in [1.54, 1.807) is 6.07 Å². The quantitative estimate of drug-likeness (QED) is 0.286. The molecule has 2 aliphatic heterocycles. The summed E-state index contributed by atoms with van der Waals surface area (Å²) in [5.74, 6) is 1.88. The van der Waals surface area contributed by atoms with Gasteiger partial charge in [-0.05, 0) is 82.5 Å². The fourth-order valence-electron chi connectivity index (χ4n) is 6.51. The molecule has 8 nitrogen and oxygen atoms in total. The Kier molecular flexibility index (Phi) is 9.18. The van der Waals surface area contributed by atoms with Crippen LogP contribution in [0.4, 0.5) is 5.82 Å². The van der Waals surface area contributed by atoms with Gasteiger partial charge in [0.15, 0.2) is 5.65 Å². The maximum absolute atomic E-state index is 11.9. The predicted molar refractivity (Wildman–Crippen MR) is 160 cm³/mol. The molecule has 2 saturated heterocycles. The molecule has 1 aromatic carbocycles. The number of anilines is 1. The number of benzene rings is 1. The Bertz CT molecular complexity index is 1350. The van der Waals surface area contributed by atoms with Crippen LogP contribution in [-0.4, -0.2) is 69.4 Å². The van der Waals surface area contributed by atoms with Crippen molar-refractivity contribution >= 4 is 46.2 Å². The summed E-state index contributed by atoms with van der Waals surface area (Å²) in [6.45, 7) is 12.8. The van der Waals surface area contributed by atoms with E-state index in [1.165, 1.54) is 12.8 Å². The lowest BCUT2D eigenvalue weighted by molar-refractivity contribution is -0.143. The van der Waals surface area contributed by atoms with Crippen LogP contribution in [0, 0.1) is 18.8 Å². The molecule has 40 heavy (non-hydrogen) atoms. The normalized spacial score (nSPS) is 22.9. The van der Waals surface area contributed by atoms with Gasteiger partial charge < -0.3 is 9.64 Å². The van der Waals surface area contributed by atoms with Crippen molar-refractivity contribution in [1.82, 2.24) is 24.6 Å². The number of likely N-dealkylation sites (tertiary alicyclic amines) is 1. The number of carbonyl (C=O) groups excluding carboxylic acids is 1. The van der Waals surface area contributed by atoms with Gasteiger partial charge in [0.05, 0.1) is 24.5 Å². The zero-order valence-electron chi connectivity index (χ0n) is 23.9. The maximum atomic E-state index is 11.9. The highest BCUT2D eigenvalue weighted by Gasteiger charge is 2.34. The van der Waals surface area contributed by atoms with Crippen molar-refractivity contribution < 1.29 is 9.53 Å². The second kappa shape index (κ2) is 12.6. The number of nitrogens with zero attached hydrogens (tertiary/aromatic N) is 6. The first kappa shape index (κ1) is 29.1. The van der Waals surface area contributed by atoms with E-state index < -0.39 is 0 Å². The summed E-state index contributed by atoms with van der Waals surface area (Å²) in [7, 11) is 0. The molecule has 0 N–H and O–H groups in total. The molecule has 216 valence electrons. The summed E-state index contributed by atoms with van der Waals surface area (Å²) >= 11 is 12.7. The highest BCUT2D eigenvalue weighted by Crippen LogP contribution is 2.33. The topological polar surface area (TPSA) is 76.4 Å². The fourth-order valence-corrected chi connectivity index (χ4v) is 7.08. The summed E-state index contributed by atoms with van der Waals surface area (Å²) in [6, 6.07) is 5.99. The lowest BCUT2D eigenvalue weighted by Gasteiger charge is -2.46. The number of esters is 1. The molecule has 2 fully saturated rings. The molecule has 0 saturated carbocycles. The summed E-state index contributed by atoms with van der Waals surface area (Å²) < 4.78 is 7.07. The molecule has 2 aromatic heterocycles. The Morgan fingerprint density at radius 1 is 1.20 bits per heavy atom. The third-order valence-electron chi connectivity index (χ3n) is 8.60. The molecule has 0 bridgehead atoms. The van der Waals surface area contributed by atoms with E-state index in [2.05, 4.69) is 23.6 Å². The largest absolute Gasteiger partial charge is 0.466 e. The zero-order chi connectivity index (χ0) is 28.4. The van der Waals surface area contributed by atoms with Gasteiger partial charge in [0.2, 0.25) is 0 Å². The summed E-state index contributed by atoms with van der Waals surface area (Å²) in [5.41, 5.74) is 3.37. The van der Waals surface area contributed by atoms with Crippen molar-refractivity contribution in [3.63, 3.8) is 0 Å². The van der Waals surface area contributed by atoms with Crippen LogP contribution in [-0.2, 0) is 9.53 Å². The monoisotopic (exact) mass is 586 g/mol. The van der Waals surface area contributed by atoms with Crippen molar-refractivity contribution in [1.29, 1.82) is 0 Å². The fraction of sp³-hybridized carbons (Fsp3) is 0.600. The lowest BCUT2D eigenvalue weighted by Crippen LogP contribution is -2.53. The molecule has 0 aliphatic carbocycles. The lowest BCUT2D eigenvalue weighted by atomic mass is 9.87. The van der Waals surface area contributed by atoms with Gasteiger partial charge in [-0.15, -0.1) is 0 Å². The summed E-state index contributed by atoms with van der Waals surface area (Å²) in [4.78, 5) is 26.8. The number of hydrogen-bond donors (Lipinski definition) is 0. The highest BCUT2D eigenvalue weighted by molar-refractivity contribution is 6.35. The number of aryl methyl sites for hydroxylation is 1. The van der Waals surface area contributed by atoms with Crippen LogP contribution in [0.2, 0.25) is 10.0 Å². The molecular weight excluding hydrogens is 547 g/mol. The highest BCUT2D eigenvalue weighted by atomic mass is 35.5. The molecule has 4 heterocycles. The number of piperidine rings is 2. The van der Waals surface area contributed by atoms with Gasteiger partial charge in [-0.3, -0.25) is 9.69 Å². The maximum Gasteiger partial charge on any atom is 0.305 e. The van der Waals surface area contributed by atoms with E-state index >= 15 is 0 Å². The third-order valence-corrected chi connectivity index (χ3v) is 9.17. The molecule has 3 aromatic rings. The van der Waals surface area contributed by atoms with Crippen LogP contribution in [0.1, 0.15) is 70.2 Å². The van der Waals surface area contributed by atoms with Gasteiger partial charge in [0.1, 0.15) is 11.3 Å². The van der Waals surface area contributed by atoms with E-state index in [-0.39, 0.29) is 12.0 Å². The van der Waals surface area contributed by atoms with Gasteiger partial charge >= 0.3 is 5.97 Å². The van der Waals surface area contributed by atoms with E-state index in [9.17, 15) is 4.79 Å². The molecule has 4 atom stereocenters. The second-order valence-corrected chi connectivity index (χ2v) is 12.2. The summed E-state index contributed by atoms with van der Waals surface area (Å²) in [6.07, 6.45) is 6.82. The number of ether oxygens (including phenoxy) is 1. The number of rotatable bonds is 8. The van der Waals surface area contributed by atoms with Crippen molar-refractivity contribution in [2.24, 2.45) is 11.8 Å². The van der Waals surface area contributed by atoms with Crippen LogP contribution < -0.4 is 4.90 Å². The zero-order valence-corrected chi connectivity index (χ0v) is 25.5. The Labute approximate surface area is 247 Å². The minimum absolute atomic E-state index is 0.0680. The molecule has 5 rings (SSSR count). The van der Waals surface area contributed by atoms with Gasteiger partial charge in [-0.1, -0.05) is 36.2 Å². The van der Waals surface area contributed by atoms with Crippen LogP contribution in [0.3, 0.4) is 0 Å². The van der Waals surface area contributed by atoms with E-state index in [1.807, 2.05) is 36.9 Å². The first-order valence-corrected chi connectivity index (χ1v) is 15.3. The van der Waals surface area contributed by atoms with E-state index in [0.717, 1.165) is 67.3 Å². The molecule has 10 heteroatoms. The third kappa shape index (κ3) is 6.24. The standard InChI is InChI=1S/C30H40Cl2N6O2/c1-5-40-28(39)11-8-22-7-6-13-36(18-22)26-12-14-37(17-19(26)2)27-16-33-29-20(3)35-38(30(29)34-27)21(4)24-10-9-23(31)15-25(24)32/h9-10,15-16,19,21-22,26H,5-8,11-14,17-18H2,1-4H3. The van der Waals surface area contributed by atoms with E-state index in [0.29, 0.717) is 41.0 Å². The van der Waals surface area contributed by atoms with Crippen molar-refractivity contribution in [3.05, 3.63) is 45.7 Å². The predicted octanol–water partition coefficient (Wildman–Crippen LogP) is 6.32. The molecule has 4 unspecified atom stereocenters. The van der Waals surface area contributed by atoms with Gasteiger partial charge in [-0.2, -0.15) is 5.10 Å². The first-order valence-electron chi connectivity index (χ1n) is 14.6. The van der Waals surface area contributed by atoms with E-state index in [4.69, 9.17) is 43.0 Å². The number of fused-ring (bicyclic) bond motifs is 1. The van der Waals surface area contributed by atoms with Crippen molar-refractivity contribution in [2.75, 3.05) is 37.7 Å². The molecular formula is C30H40Cl2N6O2. The number of hydrogen-bond acceptors (Lipinski definition) is 7. The number of halogens is 2. The first-order chi connectivity index (χ1) is 19.2. The van der Waals surface area contributed by atoms with Crippen LogP contribution >= 0.6 is 23.2 Å². The summed E-state index contributed by atoms with van der Waals surface area (Å²) in [5, 5.41) is 6.02. The number of carbonyl (C=O) groups is 1. The second-order valence-electron chi connectivity index (χ2n) is 11.4. The van der Waals surface area contributed by atoms with Gasteiger partial charge in [-0.25, -0.2) is 14.6 Å². The average Bonchev–Trinajstić information content (AvgIpc) is 3.27. The molecule has 0 radical (unpaired) electrons. The van der Waals surface area contributed by atoms with Gasteiger partial charge in [0, 0.05) is 42.1 Å². The number of aromatic nitrogens is 4. The Hall–Kier alpha value is -2.42. The SMILES string of the molecule is CCOC(=O)CCC1CCCN(C2CCN(c3cnc4c(C)nn(C(C)c5ccc(Cl)cc5Cl)c4n3)CC2C)C1. The Morgan fingerprint density at radius 2 is 2.02 bits per heavy atom. The minimum Gasteiger partial charge on any atom is -0.466 e. The van der Waals surface area contributed by atoms with Crippen LogP contribution in [0.25, 0.3) is 11.2 Å².